The van der Waals surface area contributed by atoms with Crippen LogP contribution in [0.25, 0.3) is 0 Å². The van der Waals surface area contributed by atoms with Gasteiger partial charge in [-0.2, -0.15) is 17.6 Å². The summed E-state index contributed by atoms with van der Waals surface area (Å²) in [5.74, 6) is -1.96. The lowest BCUT2D eigenvalue weighted by Gasteiger charge is -2.06. The molecule has 0 spiro atoms. The summed E-state index contributed by atoms with van der Waals surface area (Å²) in [6.45, 7) is 1.05. The summed E-state index contributed by atoms with van der Waals surface area (Å²) in [7, 11) is 0. The molecule has 0 atom stereocenters. The molecule has 76 valence electrons. The summed E-state index contributed by atoms with van der Waals surface area (Å²) < 4.78 is 48.8. The Bertz CT molecular complexity index is 372. The quantitative estimate of drug-likeness (QED) is 0.402. The zero-order valence-corrected chi connectivity index (χ0v) is 7.02. The number of aromatic nitrogens is 1. The molecule has 0 saturated heterocycles. The van der Waals surface area contributed by atoms with Gasteiger partial charge in [-0.05, 0) is 13.0 Å². The van der Waals surface area contributed by atoms with E-state index in [4.69, 9.17) is 0 Å². The molecule has 1 aromatic rings. The first kappa shape index (κ1) is 10.6. The fourth-order valence-corrected chi connectivity index (χ4v) is 0.845. The zero-order valence-electron chi connectivity index (χ0n) is 7.02. The van der Waals surface area contributed by atoms with Crippen LogP contribution in [0.2, 0.25) is 0 Å². The molecule has 0 radical (unpaired) electrons. The first-order chi connectivity index (χ1) is 6.30. The maximum atomic E-state index is 12.6. The van der Waals surface area contributed by atoms with Crippen molar-refractivity contribution in [2.45, 2.75) is 13.1 Å². The molecule has 6 heteroatoms. The summed E-state index contributed by atoms with van der Waals surface area (Å²) in [6, 6.07) is 1.18. The highest BCUT2D eigenvalue weighted by Gasteiger charge is 2.33. The fourth-order valence-electron chi connectivity index (χ4n) is 0.845. The normalized spacial score (nSPS) is 11.5. The Morgan fingerprint density at radius 3 is 2.36 bits per heavy atom. The Kier molecular flexibility index (Phi) is 2.55. The average molecular weight is 207 g/mol. The third-order valence-corrected chi connectivity index (χ3v) is 1.49. The lowest BCUT2D eigenvalue weighted by Crippen LogP contribution is -2.11. The SMILES string of the molecule is CC(=O)c1cc(F)nc(C(F)(F)F)c1. The molecule has 1 heterocycles. The minimum atomic E-state index is -4.74. The largest absolute Gasteiger partial charge is 0.433 e. The van der Waals surface area contributed by atoms with Gasteiger partial charge in [0.25, 0.3) is 0 Å². The fraction of sp³-hybridized carbons (Fsp3) is 0.250. The lowest BCUT2D eigenvalue weighted by atomic mass is 10.1. The van der Waals surface area contributed by atoms with Crippen molar-refractivity contribution in [3.8, 4) is 0 Å². The molecule has 0 aliphatic rings. The minimum Gasteiger partial charge on any atom is -0.295 e. The van der Waals surface area contributed by atoms with Crippen molar-refractivity contribution >= 4 is 5.78 Å². The number of rotatable bonds is 1. The van der Waals surface area contributed by atoms with E-state index in [1.807, 2.05) is 0 Å². The number of hydrogen-bond donors (Lipinski definition) is 0. The van der Waals surface area contributed by atoms with E-state index in [1.165, 1.54) is 0 Å². The Morgan fingerprint density at radius 1 is 1.36 bits per heavy atom. The van der Waals surface area contributed by atoms with Crippen LogP contribution in [0, 0.1) is 5.95 Å². The minimum absolute atomic E-state index is 0.343. The molecule has 0 N–H and O–H groups in total. The van der Waals surface area contributed by atoms with Gasteiger partial charge in [-0.1, -0.05) is 0 Å². The third kappa shape index (κ3) is 2.27. The second-order valence-corrected chi connectivity index (χ2v) is 2.62. The van der Waals surface area contributed by atoms with E-state index in [9.17, 15) is 22.4 Å². The van der Waals surface area contributed by atoms with Crippen LogP contribution in [0.15, 0.2) is 12.1 Å². The zero-order chi connectivity index (χ0) is 10.9. The molecule has 1 rings (SSSR count). The summed E-state index contributed by atoms with van der Waals surface area (Å²) >= 11 is 0. The monoisotopic (exact) mass is 207 g/mol. The van der Waals surface area contributed by atoms with E-state index < -0.39 is 23.6 Å². The van der Waals surface area contributed by atoms with E-state index >= 15 is 0 Å². The number of carbonyl (C=O) groups excluding carboxylic acids is 1. The molecule has 0 aliphatic heterocycles. The number of pyridine rings is 1. The van der Waals surface area contributed by atoms with Crippen LogP contribution < -0.4 is 0 Å². The van der Waals surface area contributed by atoms with Gasteiger partial charge in [-0.25, -0.2) is 4.98 Å². The van der Waals surface area contributed by atoms with Crippen LogP contribution in [0.1, 0.15) is 23.0 Å². The van der Waals surface area contributed by atoms with Gasteiger partial charge in [0.2, 0.25) is 5.95 Å². The van der Waals surface area contributed by atoms with Crippen molar-refractivity contribution in [1.82, 2.24) is 4.98 Å². The molecule has 0 aliphatic carbocycles. The van der Waals surface area contributed by atoms with Crippen molar-refractivity contribution in [1.29, 1.82) is 0 Å². The predicted molar refractivity (Wildman–Crippen MR) is 39.2 cm³/mol. The van der Waals surface area contributed by atoms with Crippen molar-refractivity contribution in [2.75, 3.05) is 0 Å². The van der Waals surface area contributed by atoms with Gasteiger partial charge in [0, 0.05) is 11.6 Å². The van der Waals surface area contributed by atoms with Crippen LogP contribution >= 0.6 is 0 Å². The summed E-state index contributed by atoms with van der Waals surface area (Å²) in [4.78, 5) is 13.4. The van der Waals surface area contributed by atoms with Crippen LogP contribution in [-0.4, -0.2) is 10.8 Å². The van der Waals surface area contributed by atoms with Gasteiger partial charge in [-0.3, -0.25) is 4.79 Å². The van der Waals surface area contributed by atoms with E-state index in [2.05, 4.69) is 4.98 Å². The topological polar surface area (TPSA) is 30.0 Å². The number of hydrogen-bond acceptors (Lipinski definition) is 2. The van der Waals surface area contributed by atoms with Gasteiger partial charge in [-0.15, -0.1) is 0 Å². The molecule has 0 saturated carbocycles. The van der Waals surface area contributed by atoms with E-state index in [0.717, 1.165) is 6.92 Å². The maximum absolute atomic E-state index is 12.6. The molecule has 0 aromatic carbocycles. The predicted octanol–water partition coefficient (Wildman–Crippen LogP) is 2.44. The molecule has 0 bridgehead atoms. The summed E-state index contributed by atoms with van der Waals surface area (Å²) in [5, 5.41) is 0. The van der Waals surface area contributed by atoms with E-state index in [-0.39, 0.29) is 5.56 Å². The average Bonchev–Trinajstić information content (AvgIpc) is 2.01. The first-order valence-electron chi connectivity index (χ1n) is 3.56. The van der Waals surface area contributed by atoms with Crippen LogP contribution in [0.3, 0.4) is 0 Å². The Morgan fingerprint density at radius 2 is 1.93 bits per heavy atom. The number of halogens is 4. The first-order valence-corrected chi connectivity index (χ1v) is 3.56. The standard InChI is InChI=1S/C8H5F4NO/c1-4(14)5-2-6(8(10,11)12)13-7(9)3-5/h2-3H,1H3. The number of ketones is 1. The molecule has 0 fully saturated rings. The van der Waals surface area contributed by atoms with Crippen molar-refractivity contribution in [3.63, 3.8) is 0 Å². The number of alkyl halides is 3. The van der Waals surface area contributed by atoms with Crippen LogP contribution in [0.4, 0.5) is 17.6 Å². The molecular weight excluding hydrogens is 202 g/mol. The highest BCUT2D eigenvalue weighted by Crippen LogP contribution is 2.28. The second-order valence-electron chi connectivity index (χ2n) is 2.62. The van der Waals surface area contributed by atoms with Crippen LogP contribution in [0.5, 0.6) is 0 Å². The van der Waals surface area contributed by atoms with Crippen molar-refractivity contribution in [3.05, 3.63) is 29.3 Å². The second kappa shape index (κ2) is 3.36. The number of nitrogens with zero attached hydrogens (tertiary/aromatic N) is 1. The number of carbonyl (C=O) groups is 1. The molecular formula is C8H5F4NO. The lowest BCUT2D eigenvalue weighted by molar-refractivity contribution is -0.141. The molecule has 1 aromatic heterocycles. The van der Waals surface area contributed by atoms with E-state index in [1.54, 1.807) is 0 Å². The molecule has 2 nitrogen and oxygen atoms in total. The van der Waals surface area contributed by atoms with Gasteiger partial charge in [0.05, 0.1) is 0 Å². The number of Topliss-reactive ketones (excluding diaryl/α,β-unsaturated/α-hetero) is 1. The van der Waals surface area contributed by atoms with Crippen molar-refractivity contribution in [2.24, 2.45) is 0 Å². The maximum Gasteiger partial charge on any atom is 0.433 e. The Labute approximate surface area is 76.6 Å². The summed E-state index contributed by atoms with van der Waals surface area (Å²) in [5.41, 5.74) is -1.74. The van der Waals surface area contributed by atoms with Gasteiger partial charge in [0.1, 0.15) is 5.69 Å². The highest BCUT2D eigenvalue weighted by atomic mass is 19.4. The smallest absolute Gasteiger partial charge is 0.295 e. The van der Waals surface area contributed by atoms with Gasteiger partial charge < -0.3 is 0 Å². The van der Waals surface area contributed by atoms with Gasteiger partial charge in [0.15, 0.2) is 5.78 Å². The molecule has 14 heavy (non-hydrogen) atoms. The van der Waals surface area contributed by atoms with E-state index in [0.29, 0.717) is 12.1 Å². The Hall–Kier alpha value is -1.46. The highest BCUT2D eigenvalue weighted by molar-refractivity contribution is 5.94. The van der Waals surface area contributed by atoms with Crippen molar-refractivity contribution < 1.29 is 22.4 Å². The molecule has 0 amide bonds. The third-order valence-electron chi connectivity index (χ3n) is 1.49. The van der Waals surface area contributed by atoms with Gasteiger partial charge >= 0.3 is 6.18 Å². The van der Waals surface area contributed by atoms with Crippen LogP contribution in [-0.2, 0) is 6.18 Å². The molecule has 0 unspecified atom stereocenters. The Balaban J connectivity index is 3.28. The summed E-state index contributed by atoms with van der Waals surface area (Å²) in [6.07, 6.45) is -4.74.